The number of ether oxygens (including phenoxy) is 2. The van der Waals surface area contributed by atoms with Crippen molar-refractivity contribution >= 4 is 17.6 Å². The molecule has 0 saturated carbocycles. The zero-order valence-electron chi connectivity index (χ0n) is 17.0. The standard InChI is InChI=1S/C21H29N3O5/c1-23-9-7-15(8-10-23)14-29-17-5-3-16(4-6-17)22-19-18(21(27)28-2)13-24(11-12-25)20(19)26/h3-6,15,22,25H,7-14H2,1-2H3. The van der Waals surface area contributed by atoms with Crippen LogP contribution in [0, 0.1) is 5.92 Å². The largest absolute Gasteiger partial charge is 0.493 e. The number of benzene rings is 1. The van der Waals surface area contributed by atoms with Crippen molar-refractivity contribution in [2.24, 2.45) is 5.92 Å². The first-order valence-electron chi connectivity index (χ1n) is 9.92. The first-order valence-corrected chi connectivity index (χ1v) is 9.92. The van der Waals surface area contributed by atoms with Crippen molar-refractivity contribution in [3.63, 3.8) is 0 Å². The number of carbonyl (C=O) groups excluding carboxylic acids is 2. The molecule has 1 saturated heterocycles. The minimum Gasteiger partial charge on any atom is -0.493 e. The van der Waals surface area contributed by atoms with Crippen molar-refractivity contribution in [1.29, 1.82) is 0 Å². The lowest BCUT2D eigenvalue weighted by atomic mass is 9.98. The zero-order chi connectivity index (χ0) is 20.8. The van der Waals surface area contributed by atoms with Crippen LogP contribution in [0.3, 0.4) is 0 Å². The number of piperidine rings is 1. The van der Waals surface area contributed by atoms with E-state index in [0.29, 0.717) is 18.2 Å². The second kappa shape index (κ2) is 9.76. The molecule has 0 aliphatic carbocycles. The minimum absolute atomic E-state index is 0.117. The first kappa shape index (κ1) is 21.1. The predicted octanol–water partition coefficient (Wildman–Crippen LogP) is 1.08. The summed E-state index contributed by atoms with van der Waals surface area (Å²) in [4.78, 5) is 28.3. The highest BCUT2D eigenvalue weighted by molar-refractivity contribution is 6.08. The summed E-state index contributed by atoms with van der Waals surface area (Å²) < 4.78 is 10.7. The Morgan fingerprint density at radius 3 is 2.55 bits per heavy atom. The summed E-state index contributed by atoms with van der Waals surface area (Å²) in [5, 5.41) is 12.2. The summed E-state index contributed by atoms with van der Waals surface area (Å²) in [6.45, 7) is 3.02. The molecule has 29 heavy (non-hydrogen) atoms. The Kier molecular flexibility index (Phi) is 7.11. The Morgan fingerprint density at radius 1 is 1.24 bits per heavy atom. The van der Waals surface area contributed by atoms with Gasteiger partial charge in [-0.05, 0) is 63.2 Å². The SMILES string of the molecule is COC(=O)C1=C(Nc2ccc(OCC3CCN(C)CC3)cc2)C(=O)N(CCO)C1. The van der Waals surface area contributed by atoms with Gasteiger partial charge < -0.3 is 29.7 Å². The van der Waals surface area contributed by atoms with Crippen molar-refractivity contribution in [3.8, 4) is 5.75 Å². The van der Waals surface area contributed by atoms with Crippen LogP contribution in [0.1, 0.15) is 12.8 Å². The molecule has 8 heteroatoms. The van der Waals surface area contributed by atoms with Crippen LogP contribution >= 0.6 is 0 Å². The summed E-state index contributed by atoms with van der Waals surface area (Å²) >= 11 is 0. The molecule has 0 radical (unpaired) electrons. The van der Waals surface area contributed by atoms with Gasteiger partial charge >= 0.3 is 5.97 Å². The van der Waals surface area contributed by atoms with Gasteiger partial charge in [0.2, 0.25) is 0 Å². The lowest BCUT2D eigenvalue weighted by molar-refractivity contribution is -0.136. The Hall–Kier alpha value is -2.58. The number of hydrogen-bond acceptors (Lipinski definition) is 7. The van der Waals surface area contributed by atoms with Gasteiger partial charge in [0.05, 0.1) is 32.4 Å². The van der Waals surface area contributed by atoms with E-state index in [4.69, 9.17) is 14.6 Å². The van der Waals surface area contributed by atoms with Crippen LogP contribution in [0.15, 0.2) is 35.5 Å². The van der Waals surface area contributed by atoms with Gasteiger partial charge in [-0.2, -0.15) is 0 Å². The van der Waals surface area contributed by atoms with Crippen LogP contribution in [-0.2, 0) is 14.3 Å². The molecule has 8 nitrogen and oxygen atoms in total. The number of aliphatic hydroxyl groups excluding tert-OH is 1. The third kappa shape index (κ3) is 5.27. The minimum atomic E-state index is -0.556. The maximum atomic E-state index is 12.6. The van der Waals surface area contributed by atoms with Crippen LogP contribution in [0.25, 0.3) is 0 Å². The van der Waals surface area contributed by atoms with Crippen molar-refractivity contribution in [3.05, 3.63) is 35.5 Å². The van der Waals surface area contributed by atoms with Gasteiger partial charge in [0, 0.05) is 12.2 Å². The number of likely N-dealkylation sites (tertiary alicyclic amines) is 1. The molecule has 1 amide bonds. The summed E-state index contributed by atoms with van der Waals surface area (Å²) in [6.07, 6.45) is 2.29. The van der Waals surface area contributed by atoms with Crippen molar-refractivity contribution < 1.29 is 24.2 Å². The van der Waals surface area contributed by atoms with Gasteiger partial charge in [-0.25, -0.2) is 4.79 Å². The number of methoxy groups -OCH3 is 1. The third-order valence-corrected chi connectivity index (χ3v) is 5.40. The van der Waals surface area contributed by atoms with Crippen LogP contribution in [0.5, 0.6) is 5.75 Å². The lowest BCUT2D eigenvalue weighted by Crippen LogP contribution is -2.32. The molecule has 0 atom stereocenters. The van der Waals surface area contributed by atoms with E-state index < -0.39 is 5.97 Å². The van der Waals surface area contributed by atoms with Gasteiger partial charge in [-0.3, -0.25) is 4.79 Å². The second-order valence-corrected chi connectivity index (χ2v) is 7.50. The monoisotopic (exact) mass is 403 g/mol. The summed E-state index contributed by atoms with van der Waals surface area (Å²) in [5.74, 6) is 0.461. The second-order valence-electron chi connectivity index (χ2n) is 7.50. The summed E-state index contributed by atoms with van der Waals surface area (Å²) in [6, 6.07) is 7.32. The molecular formula is C21H29N3O5. The molecule has 1 aromatic carbocycles. The van der Waals surface area contributed by atoms with Crippen LogP contribution in [0.4, 0.5) is 5.69 Å². The Balaban J connectivity index is 1.61. The van der Waals surface area contributed by atoms with Gasteiger partial charge in [0.25, 0.3) is 5.91 Å². The van der Waals surface area contributed by atoms with E-state index in [1.165, 1.54) is 12.0 Å². The molecule has 0 unspecified atom stereocenters. The van der Waals surface area contributed by atoms with Gasteiger partial charge in [-0.1, -0.05) is 0 Å². The van der Waals surface area contributed by atoms with E-state index in [2.05, 4.69) is 17.3 Å². The van der Waals surface area contributed by atoms with E-state index in [1.807, 2.05) is 24.3 Å². The molecule has 0 spiro atoms. The van der Waals surface area contributed by atoms with Crippen molar-refractivity contribution in [1.82, 2.24) is 9.80 Å². The van der Waals surface area contributed by atoms with Gasteiger partial charge in [-0.15, -0.1) is 0 Å². The molecular weight excluding hydrogens is 374 g/mol. The predicted molar refractivity (Wildman–Crippen MR) is 108 cm³/mol. The number of β-amino-alcohol motifs (C(OH)–C–C–N with tert-alkyl or cyclic N) is 1. The molecule has 2 aliphatic heterocycles. The number of carbonyl (C=O) groups is 2. The number of hydrogen-bond donors (Lipinski definition) is 2. The van der Waals surface area contributed by atoms with Crippen LogP contribution in [0.2, 0.25) is 0 Å². The lowest BCUT2D eigenvalue weighted by Gasteiger charge is -2.28. The highest BCUT2D eigenvalue weighted by atomic mass is 16.5. The number of amides is 1. The van der Waals surface area contributed by atoms with E-state index in [-0.39, 0.29) is 36.9 Å². The van der Waals surface area contributed by atoms with Gasteiger partial charge in [0.15, 0.2) is 0 Å². The Bertz CT molecular complexity index is 754. The van der Waals surface area contributed by atoms with Crippen molar-refractivity contribution in [2.75, 3.05) is 58.9 Å². The Morgan fingerprint density at radius 2 is 1.93 bits per heavy atom. The average Bonchev–Trinajstić information content (AvgIpc) is 3.04. The molecule has 2 aliphatic rings. The van der Waals surface area contributed by atoms with Crippen molar-refractivity contribution in [2.45, 2.75) is 12.8 Å². The molecule has 158 valence electrons. The fraction of sp³-hybridized carbons (Fsp3) is 0.524. The molecule has 1 aromatic rings. The number of anilines is 1. The quantitative estimate of drug-likeness (QED) is 0.628. The maximum Gasteiger partial charge on any atom is 0.337 e. The van der Waals surface area contributed by atoms with E-state index >= 15 is 0 Å². The first-order chi connectivity index (χ1) is 14.0. The van der Waals surface area contributed by atoms with Crippen LogP contribution in [-0.4, -0.2) is 80.3 Å². The number of aliphatic hydroxyl groups is 1. The van der Waals surface area contributed by atoms with Crippen LogP contribution < -0.4 is 10.1 Å². The maximum absolute atomic E-state index is 12.6. The number of nitrogens with zero attached hydrogens (tertiary/aromatic N) is 2. The summed E-state index contributed by atoms with van der Waals surface area (Å²) in [5.41, 5.74) is 1.12. The molecule has 0 bridgehead atoms. The highest BCUT2D eigenvalue weighted by Gasteiger charge is 2.34. The van der Waals surface area contributed by atoms with E-state index in [0.717, 1.165) is 31.7 Å². The zero-order valence-corrected chi connectivity index (χ0v) is 17.0. The fourth-order valence-corrected chi connectivity index (χ4v) is 3.57. The molecule has 2 heterocycles. The Labute approximate surface area is 171 Å². The topological polar surface area (TPSA) is 91.3 Å². The number of rotatable bonds is 8. The highest BCUT2D eigenvalue weighted by Crippen LogP contribution is 2.25. The van der Waals surface area contributed by atoms with E-state index in [9.17, 15) is 9.59 Å². The molecule has 1 fully saturated rings. The molecule has 0 aromatic heterocycles. The van der Waals surface area contributed by atoms with Gasteiger partial charge in [0.1, 0.15) is 11.4 Å². The molecule has 3 rings (SSSR count). The smallest absolute Gasteiger partial charge is 0.337 e. The van der Waals surface area contributed by atoms with E-state index in [1.54, 1.807) is 0 Å². The number of esters is 1. The molecule has 2 N–H and O–H groups in total. The normalized spacial score (nSPS) is 18.3. The fourth-order valence-electron chi connectivity index (χ4n) is 3.57. The summed E-state index contributed by atoms with van der Waals surface area (Å²) in [7, 11) is 3.42. The number of nitrogens with one attached hydrogen (secondary N) is 1. The average molecular weight is 403 g/mol. The third-order valence-electron chi connectivity index (χ3n) is 5.40.